The number of ether oxygens (including phenoxy) is 2. The highest BCUT2D eigenvalue weighted by Crippen LogP contribution is 2.31. The van der Waals surface area contributed by atoms with Crippen LogP contribution in [0.3, 0.4) is 0 Å². The number of carbonyl (C=O) groups is 2. The number of anilines is 1. The summed E-state index contributed by atoms with van der Waals surface area (Å²) in [5.74, 6) is -0.386. The fourth-order valence-electron chi connectivity index (χ4n) is 3.46. The highest BCUT2D eigenvalue weighted by molar-refractivity contribution is 7.16. The van der Waals surface area contributed by atoms with Crippen LogP contribution in [0.15, 0.2) is 58.7 Å². The normalized spacial score (nSPS) is 10.9. The number of carbonyl (C=O) groups excluding carboxylic acids is 2. The van der Waals surface area contributed by atoms with Gasteiger partial charge in [-0.3, -0.25) is 9.59 Å². The monoisotopic (exact) mass is 525 g/mol. The van der Waals surface area contributed by atoms with Crippen LogP contribution in [0.5, 0.6) is 5.75 Å². The van der Waals surface area contributed by atoms with E-state index in [4.69, 9.17) is 21.1 Å². The number of thiophene rings is 1. The third-order valence-corrected chi connectivity index (χ3v) is 6.45. The quantitative estimate of drug-likeness (QED) is 0.222. The minimum absolute atomic E-state index is 0.0215. The summed E-state index contributed by atoms with van der Waals surface area (Å²) in [4.78, 5) is 39.1. The van der Waals surface area contributed by atoms with Gasteiger partial charge in [-0.05, 0) is 61.9 Å². The number of nitrogens with one attached hydrogen (secondary N) is 1. The van der Waals surface area contributed by atoms with Crippen molar-refractivity contribution in [2.75, 3.05) is 18.5 Å². The summed E-state index contributed by atoms with van der Waals surface area (Å²) in [6.45, 7) is 4.53. The Bertz CT molecular complexity index is 1450. The zero-order chi connectivity index (χ0) is 25.7. The van der Waals surface area contributed by atoms with Gasteiger partial charge >= 0.3 is 5.97 Å². The molecule has 8 nitrogen and oxygen atoms in total. The molecular weight excluding hydrogens is 502 g/mol. The van der Waals surface area contributed by atoms with E-state index in [-0.39, 0.29) is 17.7 Å². The number of halogens is 1. The van der Waals surface area contributed by atoms with Crippen LogP contribution < -0.4 is 15.6 Å². The predicted octanol–water partition coefficient (Wildman–Crippen LogP) is 5.71. The minimum Gasteiger partial charge on any atom is -0.494 e. The van der Waals surface area contributed by atoms with Crippen molar-refractivity contribution in [3.05, 3.63) is 80.5 Å². The lowest BCUT2D eigenvalue weighted by Crippen LogP contribution is -2.25. The van der Waals surface area contributed by atoms with Crippen LogP contribution in [0.4, 0.5) is 5.00 Å². The van der Waals surface area contributed by atoms with E-state index in [1.165, 1.54) is 0 Å². The minimum atomic E-state index is -0.667. The molecule has 0 aliphatic heterocycles. The standard InChI is InChI=1S/C26H24ClN3O5S/c1-3-5-14-35-19-12-6-16(7-13-19)23(31)28-24-21-20(15-36-24)22(26(33)34-4-2)29-30(25(21)32)18-10-8-17(27)9-11-18/h6-13,15H,3-5,14H2,1-2H3,(H,28,31). The number of esters is 1. The molecular formula is C26H24ClN3O5S. The third kappa shape index (κ3) is 5.42. The number of aromatic nitrogens is 2. The first-order valence-electron chi connectivity index (χ1n) is 11.4. The van der Waals surface area contributed by atoms with E-state index in [0.29, 0.717) is 39.0 Å². The highest BCUT2D eigenvalue weighted by Gasteiger charge is 2.23. The van der Waals surface area contributed by atoms with Crippen molar-refractivity contribution in [1.82, 2.24) is 9.78 Å². The Labute approximate surface area is 216 Å². The summed E-state index contributed by atoms with van der Waals surface area (Å²) in [6.07, 6.45) is 1.98. The maximum absolute atomic E-state index is 13.5. The number of fused-ring (bicyclic) bond motifs is 1. The molecule has 0 atom stereocenters. The van der Waals surface area contributed by atoms with Gasteiger partial charge in [0.25, 0.3) is 11.5 Å². The fraction of sp³-hybridized carbons (Fsp3) is 0.231. The molecule has 0 radical (unpaired) electrons. The van der Waals surface area contributed by atoms with Gasteiger partial charge in [-0.1, -0.05) is 24.9 Å². The Morgan fingerprint density at radius 2 is 1.81 bits per heavy atom. The van der Waals surface area contributed by atoms with Crippen LogP contribution in [-0.4, -0.2) is 34.9 Å². The summed E-state index contributed by atoms with van der Waals surface area (Å²) in [5.41, 5.74) is 0.305. The number of rotatable bonds is 9. The number of benzene rings is 2. The van der Waals surface area contributed by atoms with Gasteiger partial charge in [-0.2, -0.15) is 9.78 Å². The largest absolute Gasteiger partial charge is 0.494 e. The van der Waals surface area contributed by atoms with Gasteiger partial charge in [0.15, 0.2) is 5.69 Å². The summed E-state index contributed by atoms with van der Waals surface area (Å²) in [7, 11) is 0. The lowest BCUT2D eigenvalue weighted by Gasteiger charge is -2.10. The molecule has 0 fully saturated rings. The van der Waals surface area contributed by atoms with Crippen molar-refractivity contribution in [3.8, 4) is 11.4 Å². The molecule has 0 bridgehead atoms. The average Bonchev–Trinajstić information content (AvgIpc) is 3.29. The zero-order valence-electron chi connectivity index (χ0n) is 19.7. The second kappa shape index (κ2) is 11.4. The van der Waals surface area contributed by atoms with Crippen molar-refractivity contribution in [3.63, 3.8) is 0 Å². The Morgan fingerprint density at radius 3 is 2.47 bits per heavy atom. The molecule has 0 unspecified atom stereocenters. The zero-order valence-corrected chi connectivity index (χ0v) is 21.3. The lowest BCUT2D eigenvalue weighted by atomic mass is 10.2. The van der Waals surface area contributed by atoms with Crippen LogP contribution in [0.25, 0.3) is 16.5 Å². The molecule has 4 aromatic rings. The van der Waals surface area contributed by atoms with Crippen LogP contribution in [-0.2, 0) is 4.74 Å². The summed E-state index contributed by atoms with van der Waals surface area (Å²) in [6, 6.07) is 13.2. The van der Waals surface area contributed by atoms with Crippen molar-refractivity contribution in [2.24, 2.45) is 0 Å². The van der Waals surface area contributed by atoms with Crippen LogP contribution in [0, 0.1) is 0 Å². The van der Waals surface area contributed by atoms with Gasteiger partial charge in [0.1, 0.15) is 10.8 Å². The fourth-order valence-corrected chi connectivity index (χ4v) is 4.52. The van der Waals surface area contributed by atoms with E-state index in [2.05, 4.69) is 17.3 Å². The predicted molar refractivity (Wildman–Crippen MR) is 141 cm³/mol. The van der Waals surface area contributed by atoms with E-state index in [1.54, 1.807) is 60.8 Å². The van der Waals surface area contributed by atoms with Gasteiger partial charge in [0.05, 0.1) is 24.3 Å². The smallest absolute Gasteiger partial charge is 0.359 e. The number of amides is 1. The summed E-state index contributed by atoms with van der Waals surface area (Å²) in [5, 5.41) is 9.96. The molecule has 0 spiro atoms. The molecule has 1 N–H and O–H groups in total. The lowest BCUT2D eigenvalue weighted by molar-refractivity contribution is 0.0520. The highest BCUT2D eigenvalue weighted by atomic mass is 35.5. The second-order valence-corrected chi connectivity index (χ2v) is 9.11. The summed E-state index contributed by atoms with van der Waals surface area (Å²) >= 11 is 7.12. The molecule has 2 heterocycles. The number of hydrogen-bond donors (Lipinski definition) is 1. The molecule has 2 aromatic carbocycles. The third-order valence-electron chi connectivity index (χ3n) is 5.30. The van der Waals surface area contributed by atoms with E-state index in [0.717, 1.165) is 28.9 Å². The Balaban J connectivity index is 1.71. The topological polar surface area (TPSA) is 99.5 Å². The van der Waals surface area contributed by atoms with Crippen molar-refractivity contribution in [1.29, 1.82) is 0 Å². The molecule has 0 saturated heterocycles. The average molecular weight is 526 g/mol. The molecule has 2 aromatic heterocycles. The molecule has 186 valence electrons. The van der Waals surface area contributed by atoms with Gasteiger partial charge in [-0.25, -0.2) is 4.79 Å². The molecule has 0 aliphatic rings. The molecule has 4 rings (SSSR count). The first-order chi connectivity index (χ1) is 17.4. The Morgan fingerprint density at radius 1 is 1.08 bits per heavy atom. The number of unbranched alkanes of at least 4 members (excludes halogenated alkanes) is 1. The maximum atomic E-state index is 13.5. The number of nitrogens with zero attached hydrogens (tertiary/aromatic N) is 2. The van der Waals surface area contributed by atoms with Gasteiger partial charge in [0, 0.05) is 21.4 Å². The molecule has 36 heavy (non-hydrogen) atoms. The Kier molecular flexibility index (Phi) is 8.02. The molecule has 1 amide bonds. The number of hydrogen-bond acceptors (Lipinski definition) is 7. The Hall–Kier alpha value is -3.69. The van der Waals surface area contributed by atoms with Crippen molar-refractivity contribution >= 4 is 50.6 Å². The second-order valence-electron chi connectivity index (χ2n) is 7.80. The van der Waals surface area contributed by atoms with Crippen LogP contribution in [0.2, 0.25) is 5.02 Å². The maximum Gasteiger partial charge on any atom is 0.359 e. The van der Waals surface area contributed by atoms with Crippen LogP contribution >= 0.6 is 22.9 Å². The first-order valence-corrected chi connectivity index (χ1v) is 12.7. The van der Waals surface area contributed by atoms with Gasteiger partial charge in [-0.15, -0.1) is 11.3 Å². The van der Waals surface area contributed by atoms with Gasteiger partial charge < -0.3 is 14.8 Å². The molecule has 0 saturated carbocycles. The summed E-state index contributed by atoms with van der Waals surface area (Å²) < 4.78 is 11.9. The van der Waals surface area contributed by atoms with E-state index in [9.17, 15) is 14.4 Å². The molecule has 0 aliphatic carbocycles. The van der Waals surface area contributed by atoms with E-state index < -0.39 is 17.4 Å². The van der Waals surface area contributed by atoms with E-state index in [1.807, 2.05) is 0 Å². The SMILES string of the molecule is CCCCOc1ccc(C(=O)Nc2scc3c(C(=O)OCC)nn(-c4ccc(Cl)cc4)c(=O)c23)cc1. The van der Waals surface area contributed by atoms with Crippen LogP contribution in [0.1, 0.15) is 47.5 Å². The van der Waals surface area contributed by atoms with Crippen molar-refractivity contribution < 1.29 is 19.1 Å². The van der Waals surface area contributed by atoms with Gasteiger partial charge in [0.2, 0.25) is 0 Å². The van der Waals surface area contributed by atoms with E-state index >= 15 is 0 Å². The first kappa shape index (κ1) is 25.4. The molecule has 10 heteroatoms. The van der Waals surface area contributed by atoms with Crippen molar-refractivity contribution in [2.45, 2.75) is 26.7 Å².